The average molecular weight is 431 g/mol. The van der Waals surface area contributed by atoms with Gasteiger partial charge in [-0.05, 0) is 17.9 Å². The molecule has 1 aliphatic rings. The first-order chi connectivity index (χ1) is 14.7. The van der Waals surface area contributed by atoms with Crippen molar-refractivity contribution in [1.29, 1.82) is 0 Å². The molecule has 1 fully saturated rings. The summed E-state index contributed by atoms with van der Waals surface area (Å²) in [5.41, 5.74) is 5.86. The number of aliphatic hydroxyl groups excluding tert-OH is 2. The number of nitrogens with two attached hydrogens (primary N) is 1. The summed E-state index contributed by atoms with van der Waals surface area (Å²) in [5, 5.41) is 21.3. The van der Waals surface area contributed by atoms with E-state index < -0.39 is 41.5 Å². The summed E-state index contributed by atoms with van der Waals surface area (Å²) in [4.78, 5) is 40.3. The molecule has 1 aliphatic carbocycles. The molecular weight excluding hydrogens is 400 g/mol. The van der Waals surface area contributed by atoms with E-state index in [1.165, 1.54) is 16.8 Å². The zero-order chi connectivity index (χ0) is 22.7. The number of H-pyrrole nitrogens is 1. The number of aromatic amines is 1. The molecule has 1 aromatic heterocycles. The molecule has 1 heterocycles. The van der Waals surface area contributed by atoms with Crippen molar-refractivity contribution in [2.45, 2.75) is 51.1 Å². The number of aromatic nitrogens is 2. The van der Waals surface area contributed by atoms with Gasteiger partial charge in [0.2, 0.25) is 5.91 Å². The Bertz CT molecular complexity index is 1000. The topological polar surface area (TPSA) is 142 Å². The van der Waals surface area contributed by atoms with Gasteiger partial charge in [0.1, 0.15) is 6.10 Å². The fourth-order valence-electron chi connectivity index (χ4n) is 4.06. The Morgan fingerprint density at radius 1 is 1.19 bits per heavy atom. The van der Waals surface area contributed by atoms with Crippen LogP contribution in [0.25, 0.3) is 0 Å². The second-order valence-corrected chi connectivity index (χ2v) is 8.54. The number of rotatable bonds is 7. The highest BCUT2D eigenvalue weighted by Gasteiger charge is 2.44. The van der Waals surface area contributed by atoms with Gasteiger partial charge in [-0.25, -0.2) is 4.79 Å². The molecule has 3 rings (SSSR count). The van der Waals surface area contributed by atoms with Gasteiger partial charge in [0, 0.05) is 31.3 Å². The van der Waals surface area contributed by atoms with Crippen LogP contribution < -0.4 is 17.0 Å². The maximum atomic E-state index is 13.1. The Kier molecular flexibility index (Phi) is 7.09. The maximum absolute atomic E-state index is 13.1. The summed E-state index contributed by atoms with van der Waals surface area (Å²) < 4.78 is 1.22. The van der Waals surface area contributed by atoms with E-state index in [1.54, 1.807) is 4.90 Å². The normalized spacial score (nSPS) is 24.3. The molecule has 0 unspecified atom stereocenters. The van der Waals surface area contributed by atoms with Crippen LogP contribution in [0.3, 0.4) is 0 Å². The number of carbonyl (C=O) groups is 1. The molecule has 0 radical (unpaired) electrons. The molecule has 5 atom stereocenters. The van der Waals surface area contributed by atoms with Gasteiger partial charge in [-0.2, -0.15) is 0 Å². The number of benzene rings is 1. The van der Waals surface area contributed by atoms with Crippen molar-refractivity contribution < 1.29 is 15.0 Å². The second-order valence-electron chi connectivity index (χ2n) is 8.54. The molecule has 0 saturated heterocycles. The standard InChI is InChI=1S/C22H30N4O5/c1-13(2)18(23)21(30)25(11-14-6-4-3-5-7-14)12-15-10-16(20(29)19(15)28)26-9-8-17(27)24-22(26)31/h3-9,13,15-16,18-20,28-29H,10-12,23H2,1-2H3,(H,24,27,31)/t15-,16+,18+,19+,20+/m0/s1. The Morgan fingerprint density at radius 2 is 1.87 bits per heavy atom. The van der Waals surface area contributed by atoms with E-state index in [0.29, 0.717) is 6.54 Å². The van der Waals surface area contributed by atoms with E-state index in [1.807, 2.05) is 44.2 Å². The summed E-state index contributed by atoms with van der Waals surface area (Å²) in [6.45, 7) is 4.25. The Balaban J connectivity index is 1.83. The highest BCUT2D eigenvalue weighted by molar-refractivity contribution is 5.82. The van der Waals surface area contributed by atoms with Gasteiger partial charge in [-0.3, -0.25) is 19.1 Å². The fraction of sp³-hybridized carbons (Fsp3) is 0.500. The van der Waals surface area contributed by atoms with Gasteiger partial charge in [-0.15, -0.1) is 0 Å². The minimum absolute atomic E-state index is 0.0580. The largest absolute Gasteiger partial charge is 0.390 e. The first kappa shape index (κ1) is 22.9. The van der Waals surface area contributed by atoms with Gasteiger partial charge >= 0.3 is 5.69 Å². The smallest absolute Gasteiger partial charge is 0.328 e. The van der Waals surface area contributed by atoms with Crippen molar-refractivity contribution in [2.24, 2.45) is 17.6 Å². The predicted molar refractivity (Wildman–Crippen MR) is 115 cm³/mol. The van der Waals surface area contributed by atoms with Crippen molar-refractivity contribution in [1.82, 2.24) is 14.5 Å². The molecule has 5 N–H and O–H groups in total. The van der Waals surface area contributed by atoms with Crippen LogP contribution in [-0.4, -0.2) is 55.4 Å². The van der Waals surface area contributed by atoms with Crippen LogP contribution in [0.15, 0.2) is 52.2 Å². The van der Waals surface area contributed by atoms with Crippen LogP contribution in [0.4, 0.5) is 0 Å². The molecule has 31 heavy (non-hydrogen) atoms. The highest BCUT2D eigenvalue weighted by Crippen LogP contribution is 2.35. The third-order valence-corrected chi connectivity index (χ3v) is 5.97. The van der Waals surface area contributed by atoms with Crippen LogP contribution in [-0.2, 0) is 11.3 Å². The number of nitrogens with one attached hydrogen (secondary N) is 1. The Morgan fingerprint density at radius 3 is 2.48 bits per heavy atom. The van der Waals surface area contributed by atoms with Gasteiger partial charge in [0.15, 0.2) is 0 Å². The number of aliphatic hydroxyl groups is 2. The van der Waals surface area contributed by atoms with Crippen molar-refractivity contribution in [3.8, 4) is 0 Å². The molecule has 1 amide bonds. The molecule has 168 valence electrons. The SMILES string of the molecule is CC(C)[C@@H](N)C(=O)N(Cc1ccccc1)C[C@@H]1C[C@@H](n2ccc(=O)[nH]c2=O)[C@@H](O)[C@@H]1O. The number of amides is 1. The first-order valence-corrected chi connectivity index (χ1v) is 10.4. The van der Waals surface area contributed by atoms with E-state index in [2.05, 4.69) is 4.98 Å². The van der Waals surface area contributed by atoms with Crippen LogP contribution >= 0.6 is 0 Å². The summed E-state index contributed by atoms with van der Waals surface area (Å²) in [7, 11) is 0. The lowest BCUT2D eigenvalue weighted by atomic mass is 10.0. The lowest BCUT2D eigenvalue weighted by molar-refractivity contribution is -0.135. The minimum Gasteiger partial charge on any atom is -0.390 e. The molecule has 1 aromatic carbocycles. The van der Waals surface area contributed by atoms with E-state index in [4.69, 9.17) is 5.73 Å². The third-order valence-electron chi connectivity index (χ3n) is 5.97. The average Bonchev–Trinajstić information content (AvgIpc) is 3.01. The number of carbonyl (C=O) groups excluding carboxylic acids is 1. The van der Waals surface area contributed by atoms with Gasteiger partial charge < -0.3 is 20.8 Å². The molecule has 0 aliphatic heterocycles. The van der Waals surface area contributed by atoms with Gasteiger partial charge in [-0.1, -0.05) is 44.2 Å². The molecule has 9 heteroatoms. The van der Waals surface area contributed by atoms with Crippen LogP contribution in [0, 0.1) is 11.8 Å². The Labute approximate surface area is 180 Å². The molecule has 0 bridgehead atoms. The van der Waals surface area contributed by atoms with Crippen LogP contribution in [0.5, 0.6) is 0 Å². The zero-order valence-electron chi connectivity index (χ0n) is 17.7. The van der Waals surface area contributed by atoms with Crippen LogP contribution in [0.1, 0.15) is 31.9 Å². The summed E-state index contributed by atoms with van der Waals surface area (Å²) in [6.07, 6.45) is -0.763. The minimum atomic E-state index is -1.21. The maximum Gasteiger partial charge on any atom is 0.328 e. The van der Waals surface area contributed by atoms with Crippen LogP contribution in [0.2, 0.25) is 0 Å². The number of hydrogen-bond donors (Lipinski definition) is 4. The van der Waals surface area contributed by atoms with E-state index in [-0.39, 0.29) is 24.8 Å². The van der Waals surface area contributed by atoms with Crippen molar-refractivity contribution in [2.75, 3.05) is 6.54 Å². The number of hydrogen-bond acceptors (Lipinski definition) is 6. The van der Waals surface area contributed by atoms with Crippen molar-refractivity contribution >= 4 is 5.91 Å². The molecular formula is C22H30N4O5. The third kappa shape index (κ3) is 5.12. The first-order valence-electron chi connectivity index (χ1n) is 10.4. The summed E-state index contributed by atoms with van der Waals surface area (Å²) in [5.74, 6) is -0.756. The Hall–Kier alpha value is -2.75. The van der Waals surface area contributed by atoms with E-state index >= 15 is 0 Å². The summed E-state index contributed by atoms with van der Waals surface area (Å²) >= 11 is 0. The van der Waals surface area contributed by atoms with Crippen molar-refractivity contribution in [3.63, 3.8) is 0 Å². The van der Waals surface area contributed by atoms with E-state index in [0.717, 1.165) is 5.56 Å². The number of nitrogens with zero attached hydrogens (tertiary/aromatic N) is 2. The molecule has 1 saturated carbocycles. The lowest BCUT2D eigenvalue weighted by Gasteiger charge is -2.30. The fourth-order valence-corrected chi connectivity index (χ4v) is 4.06. The van der Waals surface area contributed by atoms with E-state index in [9.17, 15) is 24.6 Å². The van der Waals surface area contributed by atoms with Gasteiger partial charge in [0.25, 0.3) is 5.56 Å². The summed E-state index contributed by atoms with van der Waals surface area (Å²) in [6, 6.07) is 9.26. The monoisotopic (exact) mass is 430 g/mol. The lowest BCUT2D eigenvalue weighted by Crippen LogP contribution is -2.48. The predicted octanol–water partition coefficient (Wildman–Crippen LogP) is -0.168. The molecule has 2 aromatic rings. The molecule has 9 nitrogen and oxygen atoms in total. The quantitative estimate of drug-likeness (QED) is 0.481. The second kappa shape index (κ2) is 9.59. The highest BCUT2D eigenvalue weighted by atomic mass is 16.3. The van der Waals surface area contributed by atoms with Crippen molar-refractivity contribution in [3.05, 3.63) is 69.0 Å². The van der Waals surface area contributed by atoms with Gasteiger partial charge in [0.05, 0.1) is 18.2 Å². The zero-order valence-corrected chi connectivity index (χ0v) is 17.7. The molecule has 0 spiro atoms.